The number of aromatic nitrogens is 4. The third-order valence-electron chi connectivity index (χ3n) is 1.73. The molecule has 0 unspecified atom stereocenters. The first-order valence-electron chi connectivity index (χ1n) is 3.84. The van der Waals surface area contributed by atoms with E-state index in [9.17, 15) is 0 Å². The molecule has 5 nitrogen and oxygen atoms in total. The quantitative estimate of drug-likeness (QED) is 0.807. The van der Waals surface area contributed by atoms with Gasteiger partial charge in [0.2, 0.25) is 0 Å². The van der Waals surface area contributed by atoms with Crippen LogP contribution in [0.1, 0.15) is 0 Å². The highest BCUT2D eigenvalue weighted by Gasteiger charge is 2.01. The van der Waals surface area contributed by atoms with Gasteiger partial charge in [-0.15, -0.1) is 0 Å². The summed E-state index contributed by atoms with van der Waals surface area (Å²) in [7, 11) is 1.61. The smallest absolute Gasteiger partial charge is 0.133 e. The van der Waals surface area contributed by atoms with Crippen molar-refractivity contribution in [3.63, 3.8) is 0 Å². The van der Waals surface area contributed by atoms with Crippen LogP contribution in [0.15, 0.2) is 22.7 Å². The molecular formula is C8H6BrN4O-. The number of nitrogens with zero attached hydrogens (tertiary/aromatic N) is 4. The number of halogens is 1. The minimum atomic E-state index is 0.508. The third-order valence-corrected chi connectivity index (χ3v) is 2.35. The summed E-state index contributed by atoms with van der Waals surface area (Å²) in [6.07, 6.45) is 0. The number of ether oxygens (including phenoxy) is 1. The van der Waals surface area contributed by atoms with Crippen LogP contribution in [0, 0.1) is 0 Å². The van der Waals surface area contributed by atoms with Crippen LogP contribution in [0.2, 0.25) is 0 Å². The molecule has 0 aliphatic carbocycles. The van der Waals surface area contributed by atoms with E-state index in [1.807, 2.05) is 18.2 Å². The van der Waals surface area contributed by atoms with E-state index in [-0.39, 0.29) is 0 Å². The number of methoxy groups -OCH3 is 1. The van der Waals surface area contributed by atoms with Crippen molar-refractivity contribution < 1.29 is 4.74 Å². The Morgan fingerprint density at radius 1 is 1.43 bits per heavy atom. The van der Waals surface area contributed by atoms with E-state index in [0.717, 1.165) is 15.8 Å². The lowest BCUT2D eigenvalue weighted by Crippen LogP contribution is -1.87. The second kappa shape index (κ2) is 3.75. The molecule has 0 atom stereocenters. The van der Waals surface area contributed by atoms with Crippen LogP contribution in [0.25, 0.3) is 11.4 Å². The highest BCUT2D eigenvalue weighted by Crippen LogP contribution is 2.28. The lowest BCUT2D eigenvalue weighted by atomic mass is 10.2. The van der Waals surface area contributed by atoms with Crippen molar-refractivity contribution in [1.29, 1.82) is 0 Å². The van der Waals surface area contributed by atoms with Gasteiger partial charge < -0.3 is 9.84 Å². The van der Waals surface area contributed by atoms with Gasteiger partial charge in [0.1, 0.15) is 5.75 Å². The summed E-state index contributed by atoms with van der Waals surface area (Å²) in [5.74, 6) is 1.27. The van der Waals surface area contributed by atoms with Crippen molar-refractivity contribution in [2.45, 2.75) is 0 Å². The molecule has 0 saturated carbocycles. The molecule has 0 N–H and O–H groups in total. The molecule has 1 aromatic heterocycles. The number of benzene rings is 1. The van der Waals surface area contributed by atoms with Crippen LogP contribution in [0.4, 0.5) is 0 Å². The van der Waals surface area contributed by atoms with Crippen molar-refractivity contribution >= 4 is 15.9 Å². The van der Waals surface area contributed by atoms with E-state index in [1.165, 1.54) is 0 Å². The molecule has 0 fully saturated rings. The van der Waals surface area contributed by atoms with Gasteiger partial charge in [-0.2, -0.15) is 5.21 Å². The highest BCUT2D eigenvalue weighted by atomic mass is 79.9. The fourth-order valence-corrected chi connectivity index (χ4v) is 1.61. The van der Waals surface area contributed by atoms with E-state index in [4.69, 9.17) is 4.74 Å². The Morgan fingerprint density at radius 3 is 2.86 bits per heavy atom. The van der Waals surface area contributed by atoms with Gasteiger partial charge in [0, 0.05) is 5.82 Å². The molecule has 14 heavy (non-hydrogen) atoms. The molecule has 0 radical (unpaired) electrons. The predicted molar refractivity (Wildman–Crippen MR) is 52.8 cm³/mol. The van der Waals surface area contributed by atoms with E-state index in [1.54, 1.807) is 7.11 Å². The van der Waals surface area contributed by atoms with Crippen molar-refractivity contribution in [3.05, 3.63) is 22.7 Å². The van der Waals surface area contributed by atoms with Gasteiger partial charge in [-0.25, -0.2) is 0 Å². The van der Waals surface area contributed by atoms with Crippen molar-refractivity contribution in [1.82, 2.24) is 20.6 Å². The fraction of sp³-hybridized carbons (Fsp3) is 0.125. The Hall–Kier alpha value is -1.43. The summed E-state index contributed by atoms with van der Waals surface area (Å²) in [4.78, 5) is 0. The zero-order valence-electron chi connectivity index (χ0n) is 7.31. The first kappa shape index (κ1) is 9.14. The normalized spacial score (nSPS) is 10.1. The average Bonchev–Trinajstić information content (AvgIpc) is 2.70. The molecule has 0 aliphatic heterocycles. The van der Waals surface area contributed by atoms with Gasteiger partial charge in [0.25, 0.3) is 0 Å². The minimum Gasteiger partial charge on any atom is -0.496 e. The predicted octanol–water partition coefficient (Wildman–Crippen LogP) is 1.27. The summed E-state index contributed by atoms with van der Waals surface area (Å²) in [6.45, 7) is 0. The zero-order valence-corrected chi connectivity index (χ0v) is 8.89. The van der Waals surface area contributed by atoms with Crippen molar-refractivity contribution in [3.8, 4) is 17.1 Å². The Kier molecular flexibility index (Phi) is 2.45. The van der Waals surface area contributed by atoms with Gasteiger partial charge in [-0.1, -0.05) is 6.07 Å². The van der Waals surface area contributed by atoms with Crippen LogP contribution in [-0.2, 0) is 0 Å². The Bertz CT molecular complexity index is 429. The molecule has 0 bridgehead atoms. The lowest BCUT2D eigenvalue weighted by Gasteiger charge is -2.05. The molecule has 2 aromatic rings. The van der Waals surface area contributed by atoms with Crippen molar-refractivity contribution in [2.75, 3.05) is 7.11 Å². The number of rotatable bonds is 2. The zero-order chi connectivity index (χ0) is 9.97. The average molecular weight is 254 g/mol. The second-order valence-corrected chi connectivity index (χ2v) is 3.41. The molecule has 1 heterocycles. The lowest BCUT2D eigenvalue weighted by molar-refractivity contribution is 0.412. The van der Waals surface area contributed by atoms with Crippen LogP contribution < -0.4 is 9.84 Å². The first-order valence-corrected chi connectivity index (χ1v) is 4.63. The Morgan fingerprint density at radius 2 is 2.29 bits per heavy atom. The van der Waals surface area contributed by atoms with Gasteiger partial charge in [0.15, 0.2) is 0 Å². The molecule has 6 heteroatoms. The number of tetrazole rings is 1. The third kappa shape index (κ3) is 1.60. The summed E-state index contributed by atoms with van der Waals surface area (Å²) < 4.78 is 5.95. The van der Waals surface area contributed by atoms with Crippen LogP contribution in [0.3, 0.4) is 0 Å². The molecule has 72 valence electrons. The molecule has 0 spiro atoms. The second-order valence-electron chi connectivity index (χ2n) is 2.55. The Balaban J connectivity index is 2.43. The fourth-order valence-electron chi connectivity index (χ4n) is 1.07. The molecule has 1 aromatic carbocycles. The largest absolute Gasteiger partial charge is 0.496 e. The van der Waals surface area contributed by atoms with Crippen LogP contribution in [0.5, 0.6) is 5.75 Å². The van der Waals surface area contributed by atoms with E-state index in [0.29, 0.717) is 5.82 Å². The summed E-state index contributed by atoms with van der Waals surface area (Å²) in [5.41, 5.74) is 0.850. The molecule has 0 aliphatic rings. The summed E-state index contributed by atoms with van der Waals surface area (Å²) in [6, 6.07) is 5.54. The minimum absolute atomic E-state index is 0.508. The van der Waals surface area contributed by atoms with E-state index in [2.05, 4.69) is 36.6 Å². The van der Waals surface area contributed by atoms with Gasteiger partial charge in [-0.3, -0.25) is 10.3 Å². The van der Waals surface area contributed by atoms with Gasteiger partial charge in [0.05, 0.1) is 11.6 Å². The highest BCUT2D eigenvalue weighted by molar-refractivity contribution is 9.10. The van der Waals surface area contributed by atoms with Crippen LogP contribution >= 0.6 is 15.9 Å². The summed E-state index contributed by atoms with van der Waals surface area (Å²) in [5, 5.41) is 14.3. The van der Waals surface area contributed by atoms with Crippen molar-refractivity contribution in [2.24, 2.45) is 0 Å². The van der Waals surface area contributed by atoms with E-state index < -0.39 is 0 Å². The first-order chi connectivity index (χ1) is 6.81. The SMILES string of the molecule is COc1ccc(-c2nnn[n-]2)cc1Br. The standard InChI is InChI=1S/C8H6BrN4O/c1-14-7-3-2-5(4-6(7)9)8-10-12-13-11-8/h2-4H,1H3/q-1. The van der Waals surface area contributed by atoms with Gasteiger partial charge in [-0.05, 0) is 33.6 Å². The maximum absolute atomic E-state index is 5.10. The number of hydrogen-bond acceptors (Lipinski definition) is 4. The monoisotopic (exact) mass is 253 g/mol. The van der Waals surface area contributed by atoms with E-state index >= 15 is 0 Å². The van der Waals surface area contributed by atoms with Crippen LogP contribution in [-0.4, -0.2) is 22.6 Å². The molecule has 0 saturated heterocycles. The number of hydrogen-bond donors (Lipinski definition) is 0. The molecule has 2 rings (SSSR count). The molecule has 0 amide bonds. The van der Waals surface area contributed by atoms with Gasteiger partial charge >= 0.3 is 0 Å². The summed E-state index contributed by atoms with van der Waals surface area (Å²) >= 11 is 3.37. The topological polar surface area (TPSA) is 62.0 Å². The maximum Gasteiger partial charge on any atom is 0.133 e. The Labute approximate surface area is 88.6 Å². The maximum atomic E-state index is 5.10. The molecular weight excluding hydrogens is 248 g/mol.